The predicted octanol–water partition coefficient (Wildman–Crippen LogP) is 2.08. The van der Waals surface area contributed by atoms with E-state index in [1.54, 1.807) is 41.0 Å². The molecule has 0 bridgehead atoms. The van der Waals surface area contributed by atoms with E-state index < -0.39 is 27.9 Å². The van der Waals surface area contributed by atoms with E-state index in [1.165, 1.54) is 6.07 Å². The molecule has 2 aliphatic heterocycles. The van der Waals surface area contributed by atoms with Crippen molar-refractivity contribution in [2.75, 3.05) is 51.2 Å². The zero-order chi connectivity index (χ0) is 27.4. The molecule has 2 aromatic rings. The first-order chi connectivity index (χ1) is 18.1. The van der Waals surface area contributed by atoms with E-state index in [9.17, 15) is 22.8 Å². The van der Waals surface area contributed by atoms with Crippen LogP contribution in [0.2, 0.25) is 4.34 Å². The minimum absolute atomic E-state index is 0.0130. The number of carbonyl (C=O) groups excluding carboxylic acids is 3. The minimum Gasteiger partial charge on any atom is -0.349 e. The molecule has 2 aliphatic rings. The second-order valence-corrected chi connectivity index (χ2v) is 12.9. The van der Waals surface area contributed by atoms with Crippen LogP contribution >= 0.6 is 22.9 Å². The van der Waals surface area contributed by atoms with Crippen LogP contribution in [0.5, 0.6) is 0 Å². The van der Waals surface area contributed by atoms with Gasteiger partial charge in [0.25, 0.3) is 5.91 Å². The highest BCUT2D eigenvalue weighted by atomic mass is 35.5. The maximum absolute atomic E-state index is 13.6. The lowest BCUT2D eigenvalue weighted by Crippen LogP contribution is -2.57. The van der Waals surface area contributed by atoms with E-state index in [0.29, 0.717) is 59.6 Å². The Kier molecular flexibility index (Phi) is 9.09. The number of benzene rings is 1. The molecule has 0 unspecified atom stereocenters. The maximum Gasteiger partial charge on any atom is 0.261 e. The number of carbonyl (C=O) groups is 3. The number of amides is 3. The number of likely N-dealkylation sites (N-methyl/N-ethyl adjacent to an activating group) is 1. The largest absolute Gasteiger partial charge is 0.349 e. The smallest absolute Gasteiger partial charge is 0.261 e. The van der Waals surface area contributed by atoms with Gasteiger partial charge in [-0.3, -0.25) is 14.4 Å². The Morgan fingerprint density at radius 3 is 2.47 bits per heavy atom. The van der Waals surface area contributed by atoms with E-state index in [4.69, 9.17) is 11.6 Å². The van der Waals surface area contributed by atoms with Crippen LogP contribution in [0.3, 0.4) is 0 Å². The Morgan fingerprint density at radius 2 is 1.82 bits per heavy atom. The zero-order valence-electron chi connectivity index (χ0n) is 21.4. The molecule has 10 nitrogen and oxygen atoms in total. The molecule has 0 saturated carbocycles. The Hall–Kier alpha value is -2.51. The molecule has 1 atom stereocenters. The van der Waals surface area contributed by atoms with Gasteiger partial charge in [0.05, 0.1) is 14.1 Å². The Morgan fingerprint density at radius 1 is 1.08 bits per heavy atom. The topological polar surface area (TPSA) is 119 Å². The van der Waals surface area contributed by atoms with Gasteiger partial charge in [-0.05, 0) is 56.6 Å². The third kappa shape index (κ3) is 6.55. The van der Waals surface area contributed by atoms with E-state index in [2.05, 4.69) is 14.9 Å². The van der Waals surface area contributed by atoms with Crippen LogP contribution in [0.4, 0.5) is 5.69 Å². The second kappa shape index (κ2) is 12.1. The molecular formula is C25H32ClN5O5S2. The van der Waals surface area contributed by atoms with Gasteiger partial charge in [0.15, 0.2) is 0 Å². The highest BCUT2D eigenvalue weighted by Crippen LogP contribution is 2.29. The molecule has 2 N–H and O–H groups in total. The Balaban J connectivity index is 1.58. The molecule has 206 valence electrons. The van der Waals surface area contributed by atoms with Crippen molar-refractivity contribution in [1.29, 1.82) is 0 Å². The number of piperidine rings is 1. The van der Waals surface area contributed by atoms with Crippen molar-refractivity contribution in [1.82, 2.24) is 19.8 Å². The summed E-state index contributed by atoms with van der Waals surface area (Å²) in [6, 6.07) is 6.73. The van der Waals surface area contributed by atoms with Gasteiger partial charge in [0, 0.05) is 51.4 Å². The summed E-state index contributed by atoms with van der Waals surface area (Å²) in [5.41, 5.74) is 0.973. The first kappa shape index (κ1) is 28.5. The first-order valence-corrected chi connectivity index (χ1v) is 15.2. The van der Waals surface area contributed by atoms with E-state index in [-0.39, 0.29) is 17.3 Å². The maximum atomic E-state index is 13.6. The number of rotatable bonds is 8. The second-order valence-electron chi connectivity index (χ2n) is 9.52. The molecule has 3 amide bonds. The lowest BCUT2D eigenvalue weighted by molar-refractivity contribution is -0.134. The predicted molar refractivity (Wildman–Crippen MR) is 147 cm³/mol. The first-order valence-electron chi connectivity index (χ1n) is 12.5. The van der Waals surface area contributed by atoms with Crippen molar-refractivity contribution in [3.63, 3.8) is 0 Å². The molecule has 13 heteroatoms. The summed E-state index contributed by atoms with van der Waals surface area (Å²) < 4.78 is 30.2. The number of halogens is 1. The third-order valence-corrected chi connectivity index (χ3v) is 9.68. The summed E-state index contributed by atoms with van der Waals surface area (Å²) in [7, 11) is -2.23. The Bertz CT molecular complexity index is 1310. The number of nitrogens with zero attached hydrogens (tertiary/aromatic N) is 3. The number of sulfonamides is 1. The fourth-order valence-electron chi connectivity index (χ4n) is 4.64. The van der Waals surface area contributed by atoms with Gasteiger partial charge in [0.2, 0.25) is 21.8 Å². The van der Waals surface area contributed by atoms with Crippen molar-refractivity contribution in [3.8, 4) is 0 Å². The fourth-order valence-corrected chi connectivity index (χ4v) is 7.05. The fraction of sp³-hybridized carbons (Fsp3) is 0.480. The van der Waals surface area contributed by atoms with Crippen LogP contribution in [0.25, 0.3) is 0 Å². The molecule has 2 fully saturated rings. The lowest BCUT2D eigenvalue weighted by atomic mass is 10.1. The van der Waals surface area contributed by atoms with Crippen molar-refractivity contribution < 1.29 is 22.8 Å². The molecule has 0 radical (unpaired) electrons. The highest BCUT2D eigenvalue weighted by Gasteiger charge is 2.33. The van der Waals surface area contributed by atoms with E-state index in [0.717, 1.165) is 24.2 Å². The number of anilines is 1. The summed E-state index contributed by atoms with van der Waals surface area (Å²) in [6.07, 6.45) is 2.08. The number of hydrogen-bond donors (Lipinski definition) is 2. The summed E-state index contributed by atoms with van der Waals surface area (Å²) in [4.78, 5) is 44.3. The molecule has 0 aliphatic carbocycles. The van der Waals surface area contributed by atoms with Gasteiger partial charge >= 0.3 is 0 Å². The van der Waals surface area contributed by atoms with E-state index in [1.807, 2.05) is 7.05 Å². The SMILES string of the molecule is Cc1c(N2CCCCC2=O)cccc1S(=O)(=O)N[C@@H](CNC(=O)c1ccc(Cl)s1)C(=O)N1CCN(C)CC1. The third-order valence-electron chi connectivity index (χ3n) is 6.83. The van der Waals surface area contributed by atoms with Crippen molar-refractivity contribution in [2.45, 2.75) is 37.1 Å². The van der Waals surface area contributed by atoms with Gasteiger partial charge in [0.1, 0.15) is 6.04 Å². The van der Waals surface area contributed by atoms with Gasteiger partial charge in [-0.1, -0.05) is 17.7 Å². The van der Waals surface area contributed by atoms with Crippen LogP contribution in [0, 0.1) is 6.92 Å². The summed E-state index contributed by atoms with van der Waals surface area (Å²) in [6.45, 7) is 4.18. The standard InChI is InChI=1S/C25H32ClN5O5S2/c1-17-19(31-11-4-3-8-23(31)32)6-5-7-21(17)38(35,36)28-18(25(34)30-14-12-29(2)13-15-30)16-27-24(33)20-9-10-22(26)37-20/h5-7,9-10,18,28H,3-4,8,11-16H2,1-2H3,(H,27,33)/t18-/m0/s1. The number of hydrogen-bond acceptors (Lipinski definition) is 7. The molecule has 4 rings (SSSR count). The zero-order valence-corrected chi connectivity index (χ0v) is 23.8. The molecule has 1 aromatic carbocycles. The van der Waals surface area contributed by atoms with Gasteiger partial charge < -0.3 is 20.0 Å². The van der Waals surface area contributed by atoms with Crippen LogP contribution in [0.15, 0.2) is 35.2 Å². The number of piperazine rings is 1. The summed E-state index contributed by atoms with van der Waals surface area (Å²) in [5.74, 6) is -0.897. The van der Waals surface area contributed by atoms with Gasteiger partial charge in [-0.25, -0.2) is 8.42 Å². The van der Waals surface area contributed by atoms with Crippen molar-refractivity contribution in [3.05, 3.63) is 45.1 Å². The molecule has 3 heterocycles. The van der Waals surface area contributed by atoms with Crippen LogP contribution < -0.4 is 14.9 Å². The molecule has 0 spiro atoms. The van der Waals surface area contributed by atoms with Crippen LogP contribution in [0.1, 0.15) is 34.5 Å². The monoisotopic (exact) mass is 581 g/mol. The van der Waals surface area contributed by atoms with Crippen molar-refractivity contribution >= 4 is 56.4 Å². The molecule has 1 aromatic heterocycles. The normalized spacial score (nSPS) is 17.9. The molecule has 2 saturated heterocycles. The summed E-state index contributed by atoms with van der Waals surface area (Å²) in [5, 5.41) is 2.67. The molecule has 38 heavy (non-hydrogen) atoms. The van der Waals surface area contributed by atoms with Crippen LogP contribution in [-0.4, -0.2) is 88.3 Å². The molecular weight excluding hydrogens is 550 g/mol. The number of nitrogens with one attached hydrogen (secondary N) is 2. The van der Waals surface area contributed by atoms with Gasteiger partial charge in [-0.2, -0.15) is 4.72 Å². The highest BCUT2D eigenvalue weighted by molar-refractivity contribution is 7.89. The average Bonchev–Trinajstić information content (AvgIpc) is 3.33. The van der Waals surface area contributed by atoms with Crippen LogP contribution in [-0.2, 0) is 19.6 Å². The van der Waals surface area contributed by atoms with Gasteiger partial charge in [-0.15, -0.1) is 11.3 Å². The van der Waals surface area contributed by atoms with Crippen molar-refractivity contribution in [2.24, 2.45) is 0 Å². The quantitative estimate of drug-likeness (QED) is 0.493. The number of thiophene rings is 1. The average molecular weight is 582 g/mol. The Labute approximate surface area is 232 Å². The summed E-state index contributed by atoms with van der Waals surface area (Å²) >= 11 is 7.03. The lowest BCUT2D eigenvalue weighted by Gasteiger charge is -2.35. The minimum atomic E-state index is -4.19. The van der Waals surface area contributed by atoms with E-state index >= 15 is 0 Å².